The summed E-state index contributed by atoms with van der Waals surface area (Å²) in [5.74, 6) is 0. The maximum absolute atomic E-state index is 7.25. The van der Waals surface area contributed by atoms with E-state index in [4.69, 9.17) is 8.83 Å². The smallest absolute Gasteiger partial charge is 0.144 e. The van der Waals surface area contributed by atoms with Gasteiger partial charge in [-0.2, -0.15) is 0 Å². The Hall–Kier alpha value is -8.92. The molecule has 68 heavy (non-hydrogen) atoms. The van der Waals surface area contributed by atoms with E-state index in [2.05, 4.69) is 248 Å². The van der Waals surface area contributed by atoms with Gasteiger partial charge >= 0.3 is 0 Å². The number of hydrogen-bond donors (Lipinski definition) is 0. The molecule has 1 aliphatic rings. The van der Waals surface area contributed by atoms with Crippen molar-refractivity contribution in [2.45, 2.75) is 5.41 Å². The highest BCUT2D eigenvalue weighted by atomic mass is 16.3. The molecular weight excluding hydrogens is 827 g/mol. The minimum Gasteiger partial charge on any atom is -0.456 e. The minimum absolute atomic E-state index is 0.558. The van der Waals surface area contributed by atoms with Gasteiger partial charge in [-0.05, 0) is 104 Å². The lowest BCUT2D eigenvalue weighted by atomic mass is 9.67. The van der Waals surface area contributed by atoms with Crippen LogP contribution in [0.15, 0.2) is 258 Å². The predicted molar refractivity (Wildman–Crippen MR) is 281 cm³/mol. The molecule has 0 saturated carbocycles. The molecule has 11 aromatic carbocycles. The van der Waals surface area contributed by atoms with Crippen LogP contribution < -0.4 is 4.90 Å². The van der Waals surface area contributed by atoms with E-state index in [1.807, 2.05) is 6.07 Å². The van der Waals surface area contributed by atoms with Gasteiger partial charge in [0.15, 0.2) is 0 Å². The maximum Gasteiger partial charge on any atom is 0.144 e. The normalized spacial score (nSPS) is 12.8. The van der Waals surface area contributed by atoms with E-state index in [0.717, 1.165) is 83.2 Å². The average molecular weight is 868 g/mol. The van der Waals surface area contributed by atoms with Crippen molar-refractivity contribution >= 4 is 71.7 Å². The summed E-state index contributed by atoms with van der Waals surface area (Å²) in [5.41, 5.74) is 17.8. The lowest BCUT2D eigenvalue weighted by Crippen LogP contribution is -2.28. The van der Waals surface area contributed by atoms with Gasteiger partial charge in [-0.3, -0.25) is 0 Å². The molecule has 0 amide bonds. The molecule has 0 fully saturated rings. The van der Waals surface area contributed by atoms with Gasteiger partial charge in [0.1, 0.15) is 22.3 Å². The van der Waals surface area contributed by atoms with Crippen molar-refractivity contribution in [3.63, 3.8) is 0 Å². The van der Waals surface area contributed by atoms with Crippen molar-refractivity contribution in [3.05, 3.63) is 271 Å². The molecule has 0 bridgehead atoms. The average Bonchev–Trinajstić information content (AvgIpc) is 4.06. The minimum atomic E-state index is -0.558. The second-order valence-electron chi connectivity index (χ2n) is 17.9. The molecule has 318 valence electrons. The number of fused-ring (bicyclic) bond motifs is 10. The summed E-state index contributed by atoms with van der Waals surface area (Å²) >= 11 is 0. The molecule has 1 aliphatic carbocycles. The van der Waals surface area contributed by atoms with Crippen LogP contribution >= 0.6 is 0 Å². The summed E-state index contributed by atoms with van der Waals surface area (Å²) in [6, 6.07) is 90.0. The first-order valence-corrected chi connectivity index (χ1v) is 23.3. The number of anilines is 3. The quantitative estimate of drug-likeness (QED) is 0.160. The molecule has 2 aromatic heterocycles. The molecule has 14 rings (SSSR count). The standard InChI is InChI=1S/C65H41NO2/c1-4-19-43(20-5-1)50-26-13-16-30-58(50)66(48-34-36-52-51-27-12-15-29-56(51)65(57(52)39-48,46-22-6-2-7-23-46)47-24-8-3-9-25-47)49-35-37-53-55-41-61-63(54-28-14-17-31-59(54)67-61)62(64(55)68-60(53)40-49)45-33-32-42-18-10-11-21-44(42)38-45/h1-41H. The zero-order chi connectivity index (χ0) is 44.8. The van der Waals surface area contributed by atoms with Crippen LogP contribution in [0.2, 0.25) is 0 Å². The first-order valence-electron chi connectivity index (χ1n) is 23.3. The monoisotopic (exact) mass is 867 g/mol. The summed E-state index contributed by atoms with van der Waals surface area (Å²) in [6.45, 7) is 0. The molecule has 0 N–H and O–H groups in total. The van der Waals surface area contributed by atoms with Crippen LogP contribution in [0.25, 0.3) is 88.0 Å². The number of nitrogens with zero attached hydrogens (tertiary/aromatic N) is 1. The van der Waals surface area contributed by atoms with E-state index in [1.165, 1.54) is 44.2 Å². The van der Waals surface area contributed by atoms with Crippen LogP contribution in [0.5, 0.6) is 0 Å². The maximum atomic E-state index is 7.25. The van der Waals surface area contributed by atoms with Crippen LogP contribution in [0, 0.1) is 0 Å². The molecule has 0 spiro atoms. The van der Waals surface area contributed by atoms with Crippen LogP contribution in [0.4, 0.5) is 17.1 Å². The van der Waals surface area contributed by atoms with Crippen molar-refractivity contribution in [1.29, 1.82) is 0 Å². The Morgan fingerprint density at radius 3 is 1.78 bits per heavy atom. The van der Waals surface area contributed by atoms with E-state index >= 15 is 0 Å². The largest absolute Gasteiger partial charge is 0.456 e. The van der Waals surface area contributed by atoms with Crippen LogP contribution in [-0.4, -0.2) is 0 Å². The molecule has 2 heterocycles. The predicted octanol–water partition coefficient (Wildman–Crippen LogP) is 17.8. The highest BCUT2D eigenvalue weighted by Crippen LogP contribution is 2.58. The zero-order valence-electron chi connectivity index (χ0n) is 36.9. The fraction of sp³-hybridized carbons (Fsp3) is 0.0154. The molecule has 13 aromatic rings. The zero-order valence-corrected chi connectivity index (χ0v) is 36.9. The van der Waals surface area contributed by atoms with Crippen molar-refractivity contribution < 1.29 is 8.83 Å². The molecule has 3 nitrogen and oxygen atoms in total. The SMILES string of the molecule is c1ccc(-c2ccccc2N(c2ccc3c(c2)C(c2ccccc2)(c2ccccc2)c2ccccc2-3)c2ccc3c(c2)oc2c(-c4ccc5ccccc5c4)c4c(cc23)oc2ccccc24)cc1. The Labute approximate surface area is 393 Å². The van der Waals surface area contributed by atoms with Crippen molar-refractivity contribution in [2.24, 2.45) is 0 Å². The van der Waals surface area contributed by atoms with Crippen molar-refractivity contribution in [1.82, 2.24) is 0 Å². The summed E-state index contributed by atoms with van der Waals surface area (Å²) in [4.78, 5) is 2.42. The number of para-hydroxylation sites is 2. The molecule has 0 atom stereocenters. The molecular formula is C65H41NO2. The highest BCUT2D eigenvalue weighted by molar-refractivity contribution is 6.24. The van der Waals surface area contributed by atoms with Gasteiger partial charge in [0.25, 0.3) is 0 Å². The fourth-order valence-corrected chi connectivity index (χ4v) is 11.4. The summed E-state index contributed by atoms with van der Waals surface area (Å²) in [6.07, 6.45) is 0. The Morgan fingerprint density at radius 2 is 0.971 bits per heavy atom. The third-order valence-electron chi connectivity index (χ3n) is 14.3. The van der Waals surface area contributed by atoms with E-state index in [9.17, 15) is 0 Å². The lowest BCUT2D eigenvalue weighted by molar-refractivity contribution is 0.664. The molecule has 0 aliphatic heterocycles. The van der Waals surface area contributed by atoms with Crippen molar-refractivity contribution in [2.75, 3.05) is 4.90 Å². The van der Waals surface area contributed by atoms with Crippen molar-refractivity contribution in [3.8, 4) is 33.4 Å². The van der Waals surface area contributed by atoms with Gasteiger partial charge in [-0.15, -0.1) is 0 Å². The Kier molecular flexibility index (Phi) is 8.50. The molecule has 0 unspecified atom stereocenters. The molecule has 3 heteroatoms. The van der Waals surface area contributed by atoms with Gasteiger partial charge in [0.2, 0.25) is 0 Å². The first kappa shape index (κ1) is 38.4. The highest BCUT2D eigenvalue weighted by Gasteiger charge is 2.46. The lowest BCUT2D eigenvalue weighted by Gasteiger charge is -2.35. The summed E-state index contributed by atoms with van der Waals surface area (Å²) < 4.78 is 13.9. The van der Waals surface area contributed by atoms with Gasteiger partial charge in [0, 0.05) is 50.1 Å². The molecule has 0 saturated heterocycles. The number of hydrogen-bond acceptors (Lipinski definition) is 3. The van der Waals surface area contributed by atoms with Gasteiger partial charge in [0.05, 0.1) is 11.1 Å². The van der Waals surface area contributed by atoms with Gasteiger partial charge < -0.3 is 13.7 Å². The Bertz CT molecular complexity index is 4050. The summed E-state index contributed by atoms with van der Waals surface area (Å²) in [5, 5.41) is 6.54. The van der Waals surface area contributed by atoms with E-state index in [1.54, 1.807) is 0 Å². The van der Waals surface area contributed by atoms with Crippen LogP contribution in [-0.2, 0) is 5.41 Å². The number of furan rings is 2. The van der Waals surface area contributed by atoms with Crippen LogP contribution in [0.1, 0.15) is 22.3 Å². The summed E-state index contributed by atoms with van der Waals surface area (Å²) in [7, 11) is 0. The number of benzene rings is 11. The van der Waals surface area contributed by atoms with E-state index in [0.29, 0.717) is 0 Å². The third kappa shape index (κ3) is 5.66. The number of rotatable bonds is 7. The second-order valence-corrected chi connectivity index (χ2v) is 17.9. The second kappa shape index (κ2) is 15.1. The Balaban J connectivity index is 1.04. The Morgan fingerprint density at radius 1 is 0.338 bits per heavy atom. The van der Waals surface area contributed by atoms with Gasteiger partial charge in [-0.1, -0.05) is 194 Å². The van der Waals surface area contributed by atoms with E-state index < -0.39 is 5.41 Å². The third-order valence-corrected chi connectivity index (χ3v) is 14.3. The topological polar surface area (TPSA) is 29.5 Å². The fourth-order valence-electron chi connectivity index (χ4n) is 11.4. The van der Waals surface area contributed by atoms with Crippen LogP contribution in [0.3, 0.4) is 0 Å². The first-order chi connectivity index (χ1) is 33.7. The molecule has 0 radical (unpaired) electrons. The van der Waals surface area contributed by atoms with Gasteiger partial charge in [-0.25, -0.2) is 0 Å². The van der Waals surface area contributed by atoms with E-state index in [-0.39, 0.29) is 0 Å².